The molecule has 0 amide bonds. The molecule has 9 heavy (non-hydrogen) atoms. The van der Waals surface area contributed by atoms with Gasteiger partial charge in [0.15, 0.2) is 0 Å². The lowest BCUT2D eigenvalue weighted by Crippen LogP contribution is -2.21. The van der Waals surface area contributed by atoms with Crippen LogP contribution in [0.5, 0.6) is 0 Å². The molecule has 0 aromatic carbocycles. The van der Waals surface area contributed by atoms with Gasteiger partial charge < -0.3 is 11.5 Å². The fourth-order valence-corrected chi connectivity index (χ4v) is 0.0577. The van der Waals surface area contributed by atoms with Gasteiger partial charge in [-0.25, -0.2) is 0 Å². The summed E-state index contributed by atoms with van der Waals surface area (Å²) in [5, 5.41) is 13.5. The second-order valence-electron chi connectivity index (χ2n) is 0.813. The predicted molar refractivity (Wildman–Crippen MR) is 34.8 cm³/mol. The Labute approximate surface area is 52.8 Å². The lowest BCUT2D eigenvalue weighted by molar-refractivity contribution is 1.39. The zero-order valence-electron chi connectivity index (χ0n) is 4.76. The molecular formula is C4H7N5. The SMILES string of the molecule is C=C=N.N#CN=C(N)N. The van der Waals surface area contributed by atoms with Gasteiger partial charge in [0.1, 0.15) is 0 Å². The summed E-state index contributed by atoms with van der Waals surface area (Å²) in [6.07, 6.45) is 1.41. The Balaban J connectivity index is 0. The van der Waals surface area contributed by atoms with Gasteiger partial charge in [-0.1, -0.05) is 0 Å². The molecule has 0 aliphatic rings. The molecule has 0 aromatic rings. The first kappa shape index (κ1) is 10.2. The lowest BCUT2D eigenvalue weighted by Gasteiger charge is -1.74. The molecule has 0 fully saturated rings. The van der Waals surface area contributed by atoms with Crippen LogP contribution in [-0.4, -0.2) is 11.8 Å². The highest BCUT2D eigenvalue weighted by atomic mass is 15.0. The quantitative estimate of drug-likeness (QED) is 0.223. The van der Waals surface area contributed by atoms with Crippen LogP contribution in [0, 0.1) is 16.9 Å². The minimum Gasteiger partial charge on any atom is -0.369 e. The van der Waals surface area contributed by atoms with Crippen molar-refractivity contribution in [3.05, 3.63) is 6.58 Å². The number of nitrogens with zero attached hydrogens (tertiary/aromatic N) is 2. The second-order valence-corrected chi connectivity index (χ2v) is 0.813. The minimum absolute atomic E-state index is 0.197. The molecule has 0 heterocycles. The van der Waals surface area contributed by atoms with Gasteiger partial charge in [-0.2, -0.15) is 5.26 Å². The van der Waals surface area contributed by atoms with E-state index in [1.165, 1.54) is 6.19 Å². The molecule has 0 aliphatic carbocycles. The van der Waals surface area contributed by atoms with E-state index < -0.39 is 0 Å². The van der Waals surface area contributed by atoms with E-state index in [0.717, 1.165) is 0 Å². The summed E-state index contributed by atoms with van der Waals surface area (Å²) in [6.45, 7) is 2.90. The van der Waals surface area contributed by atoms with Gasteiger partial charge in [0.05, 0.1) is 0 Å². The van der Waals surface area contributed by atoms with Crippen molar-refractivity contribution in [3.63, 3.8) is 0 Å². The third-order valence-corrected chi connectivity index (χ3v) is 0.179. The number of rotatable bonds is 0. The van der Waals surface area contributed by atoms with Gasteiger partial charge in [-0.3, -0.25) is 5.41 Å². The average Bonchev–Trinajstić information content (AvgIpc) is 1.67. The maximum absolute atomic E-state index is 7.64. The summed E-state index contributed by atoms with van der Waals surface area (Å²) < 4.78 is 0. The van der Waals surface area contributed by atoms with Gasteiger partial charge in [0, 0.05) is 0 Å². The molecule has 0 spiro atoms. The molecule has 0 bridgehead atoms. The van der Waals surface area contributed by atoms with Gasteiger partial charge in [0.25, 0.3) is 0 Å². The standard InChI is InChI=1S/C2H4N4.C2H3N/c3-1-6-2(4)5;1-2-3/h(H4,4,5,6);3H,1H2. The van der Waals surface area contributed by atoms with Gasteiger partial charge in [-0.15, -0.1) is 4.99 Å². The monoisotopic (exact) mass is 125 g/mol. The summed E-state index contributed by atoms with van der Waals surface area (Å²) in [7, 11) is 0. The largest absolute Gasteiger partial charge is 0.369 e. The van der Waals surface area contributed by atoms with Crippen molar-refractivity contribution in [1.29, 1.82) is 10.7 Å². The van der Waals surface area contributed by atoms with Crippen molar-refractivity contribution in [1.82, 2.24) is 0 Å². The van der Waals surface area contributed by atoms with Crippen molar-refractivity contribution < 1.29 is 0 Å². The van der Waals surface area contributed by atoms with Crippen molar-refractivity contribution in [2.24, 2.45) is 16.5 Å². The first-order valence-electron chi connectivity index (χ1n) is 1.85. The van der Waals surface area contributed by atoms with E-state index in [-0.39, 0.29) is 5.96 Å². The van der Waals surface area contributed by atoms with Crippen LogP contribution in [0.1, 0.15) is 0 Å². The topological polar surface area (TPSA) is 112 Å². The molecule has 5 heteroatoms. The molecular weight excluding hydrogens is 118 g/mol. The van der Waals surface area contributed by atoms with E-state index in [1.807, 2.05) is 0 Å². The van der Waals surface area contributed by atoms with Gasteiger partial charge in [0.2, 0.25) is 12.2 Å². The van der Waals surface area contributed by atoms with E-state index in [2.05, 4.69) is 11.6 Å². The first-order chi connectivity index (χ1) is 4.18. The van der Waals surface area contributed by atoms with Crippen molar-refractivity contribution >= 4 is 11.8 Å². The Kier molecular flexibility index (Phi) is 10.8. The molecule has 0 aromatic heterocycles. The first-order valence-corrected chi connectivity index (χ1v) is 1.85. The highest BCUT2D eigenvalue weighted by Crippen LogP contribution is 1.49. The zero-order chi connectivity index (χ0) is 7.70. The molecule has 48 valence electrons. The van der Waals surface area contributed by atoms with E-state index in [1.54, 1.807) is 5.87 Å². The maximum atomic E-state index is 7.64. The summed E-state index contributed by atoms with van der Waals surface area (Å²) in [6, 6.07) is 0. The molecule has 0 atom stereocenters. The molecule has 5 nitrogen and oxygen atoms in total. The fraction of sp³-hybridized carbons (Fsp3) is 0. The Hall–Kier alpha value is -1.79. The van der Waals surface area contributed by atoms with Crippen LogP contribution in [0.15, 0.2) is 11.6 Å². The number of guanidine groups is 1. The Morgan fingerprint density at radius 3 is 2.00 bits per heavy atom. The number of nitriles is 1. The van der Waals surface area contributed by atoms with Gasteiger partial charge >= 0.3 is 0 Å². The Morgan fingerprint density at radius 2 is 2.00 bits per heavy atom. The number of aliphatic imine (C=N–C) groups is 1. The third kappa shape index (κ3) is 75.2. The van der Waals surface area contributed by atoms with Crippen LogP contribution in [0.4, 0.5) is 0 Å². The average molecular weight is 125 g/mol. The number of nitrogens with one attached hydrogen (secondary N) is 1. The Bertz CT molecular complexity index is 152. The van der Waals surface area contributed by atoms with Crippen LogP contribution < -0.4 is 11.5 Å². The summed E-state index contributed by atoms with van der Waals surface area (Å²) >= 11 is 0. The highest BCUT2D eigenvalue weighted by molar-refractivity contribution is 5.76. The fourth-order valence-electron chi connectivity index (χ4n) is 0.0577. The van der Waals surface area contributed by atoms with Crippen LogP contribution in [0.2, 0.25) is 0 Å². The summed E-state index contributed by atoms with van der Waals surface area (Å²) in [5.74, 6) is 1.55. The molecule has 5 N–H and O–H groups in total. The number of hydrogen-bond donors (Lipinski definition) is 3. The minimum atomic E-state index is -0.197. The molecule has 0 rings (SSSR count). The van der Waals surface area contributed by atoms with Crippen LogP contribution >= 0.6 is 0 Å². The Morgan fingerprint density at radius 1 is 1.67 bits per heavy atom. The zero-order valence-corrected chi connectivity index (χ0v) is 4.76. The normalized spacial score (nSPS) is 4.78. The van der Waals surface area contributed by atoms with Crippen molar-refractivity contribution in [2.75, 3.05) is 0 Å². The summed E-state index contributed by atoms with van der Waals surface area (Å²) in [4.78, 5) is 2.90. The molecule has 0 radical (unpaired) electrons. The smallest absolute Gasteiger partial charge is 0.209 e. The molecule has 0 saturated carbocycles. The summed E-state index contributed by atoms with van der Waals surface area (Å²) in [5.41, 5.74) is 9.42. The van der Waals surface area contributed by atoms with E-state index in [9.17, 15) is 0 Å². The number of nitrogens with two attached hydrogens (primary N) is 2. The third-order valence-electron chi connectivity index (χ3n) is 0.179. The predicted octanol–water partition coefficient (Wildman–Crippen LogP) is -0.838. The van der Waals surface area contributed by atoms with Crippen LogP contribution in [-0.2, 0) is 0 Å². The highest BCUT2D eigenvalue weighted by Gasteiger charge is 1.67. The van der Waals surface area contributed by atoms with Crippen LogP contribution in [0.25, 0.3) is 0 Å². The van der Waals surface area contributed by atoms with E-state index in [4.69, 9.17) is 22.1 Å². The number of hydrogen-bond acceptors (Lipinski definition) is 3. The lowest BCUT2D eigenvalue weighted by atomic mass is 11.1. The molecule has 0 aliphatic heterocycles. The van der Waals surface area contributed by atoms with E-state index >= 15 is 0 Å². The van der Waals surface area contributed by atoms with E-state index in [0.29, 0.717) is 0 Å². The second kappa shape index (κ2) is 9.51. The van der Waals surface area contributed by atoms with Crippen LogP contribution in [0.3, 0.4) is 0 Å². The van der Waals surface area contributed by atoms with Crippen molar-refractivity contribution in [2.45, 2.75) is 0 Å². The molecule has 0 saturated heterocycles. The van der Waals surface area contributed by atoms with Crippen molar-refractivity contribution in [3.8, 4) is 6.19 Å². The van der Waals surface area contributed by atoms with Gasteiger partial charge in [-0.05, 0) is 12.4 Å². The maximum Gasteiger partial charge on any atom is 0.209 e. The molecule has 0 unspecified atom stereocenters.